The molecule has 1 N–H and O–H groups in total. The van der Waals surface area contributed by atoms with Crippen molar-refractivity contribution in [3.8, 4) is 0 Å². The minimum absolute atomic E-state index is 0.154. The highest BCUT2D eigenvalue weighted by atomic mass is 127. The molecule has 0 fully saturated rings. The second-order valence-corrected chi connectivity index (χ2v) is 9.69. The number of rotatable bonds is 7. The van der Waals surface area contributed by atoms with Crippen LogP contribution in [-0.4, -0.2) is 26.4 Å². The normalized spacial score (nSPS) is 11.8. The molecular formula is C19H23IN2O3S. The minimum atomic E-state index is -3.85. The monoisotopic (exact) mass is 486 g/mol. The summed E-state index contributed by atoms with van der Waals surface area (Å²) >= 11 is 2.15. The van der Waals surface area contributed by atoms with Gasteiger partial charge in [0.25, 0.3) is 10.0 Å². The molecule has 0 aliphatic rings. The second-order valence-electron chi connectivity index (χ2n) is 6.59. The Balaban J connectivity index is 2.40. The van der Waals surface area contributed by atoms with Crippen molar-refractivity contribution >= 4 is 44.2 Å². The Bertz CT molecular complexity index is 850. The number of sulfonamides is 1. The zero-order chi connectivity index (χ0) is 19.4. The van der Waals surface area contributed by atoms with Crippen molar-refractivity contribution < 1.29 is 13.2 Å². The van der Waals surface area contributed by atoms with Crippen LogP contribution in [0.2, 0.25) is 0 Å². The van der Waals surface area contributed by atoms with Gasteiger partial charge >= 0.3 is 0 Å². The maximum Gasteiger partial charge on any atom is 0.264 e. The van der Waals surface area contributed by atoms with E-state index in [1.54, 1.807) is 30.3 Å². The van der Waals surface area contributed by atoms with Crippen molar-refractivity contribution in [2.24, 2.45) is 0 Å². The van der Waals surface area contributed by atoms with Crippen LogP contribution in [0.1, 0.15) is 27.2 Å². The van der Waals surface area contributed by atoms with Crippen LogP contribution in [0.3, 0.4) is 0 Å². The van der Waals surface area contributed by atoms with E-state index in [1.807, 2.05) is 32.9 Å². The number of amides is 1. The average Bonchev–Trinajstić information content (AvgIpc) is 2.61. The third kappa shape index (κ3) is 5.20. The van der Waals surface area contributed by atoms with E-state index in [4.69, 9.17) is 0 Å². The number of nitrogens with one attached hydrogen (secondary N) is 1. The summed E-state index contributed by atoms with van der Waals surface area (Å²) in [6.07, 6.45) is 0.744. The molecule has 0 saturated carbocycles. The van der Waals surface area contributed by atoms with Crippen molar-refractivity contribution in [1.82, 2.24) is 5.32 Å². The largest absolute Gasteiger partial charge is 0.350 e. The van der Waals surface area contributed by atoms with Gasteiger partial charge in [-0.25, -0.2) is 8.42 Å². The van der Waals surface area contributed by atoms with Crippen molar-refractivity contribution in [2.45, 2.75) is 37.6 Å². The van der Waals surface area contributed by atoms with Gasteiger partial charge < -0.3 is 5.32 Å². The maximum absolute atomic E-state index is 13.1. The second kappa shape index (κ2) is 8.39. The van der Waals surface area contributed by atoms with Crippen molar-refractivity contribution in [2.75, 3.05) is 10.8 Å². The first kappa shape index (κ1) is 20.7. The van der Waals surface area contributed by atoms with Gasteiger partial charge in [0.05, 0.1) is 10.6 Å². The molecule has 2 aromatic rings. The molecule has 140 valence electrons. The lowest BCUT2D eigenvalue weighted by molar-refractivity contribution is -0.121. The molecule has 26 heavy (non-hydrogen) atoms. The molecule has 0 heterocycles. The Morgan fingerprint density at radius 2 is 1.65 bits per heavy atom. The number of benzene rings is 2. The van der Waals surface area contributed by atoms with Crippen LogP contribution in [0.25, 0.3) is 0 Å². The van der Waals surface area contributed by atoms with E-state index in [2.05, 4.69) is 27.9 Å². The number of halogens is 1. The van der Waals surface area contributed by atoms with Crippen LogP contribution in [0, 0.1) is 3.57 Å². The van der Waals surface area contributed by atoms with E-state index in [0.29, 0.717) is 5.69 Å². The van der Waals surface area contributed by atoms with E-state index < -0.39 is 15.6 Å². The van der Waals surface area contributed by atoms with Gasteiger partial charge in [0.1, 0.15) is 6.54 Å². The summed E-state index contributed by atoms with van der Waals surface area (Å²) in [5.74, 6) is -0.338. The first-order valence-electron chi connectivity index (χ1n) is 8.30. The molecule has 0 spiro atoms. The number of hydrogen-bond donors (Lipinski definition) is 1. The third-order valence-electron chi connectivity index (χ3n) is 4.09. The van der Waals surface area contributed by atoms with Crippen molar-refractivity contribution in [1.29, 1.82) is 0 Å². The van der Waals surface area contributed by atoms with E-state index in [-0.39, 0.29) is 17.3 Å². The molecular weight excluding hydrogens is 463 g/mol. The lowest BCUT2D eigenvalue weighted by atomic mass is 10.0. The van der Waals surface area contributed by atoms with E-state index >= 15 is 0 Å². The molecule has 2 aromatic carbocycles. The van der Waals surface area contributed by atoms with Gasteiger partial charge in [-0.3, -0.25) is 9.10 Å². The number of carbonyl (C=O) groups is 1. The third-order valence-corrected chi connectivity index (χ3v) is 6.60. The molecule has 0 atom stereocenters. The summed E-state index contributed by atoms with van der Waals surface area (Å²) in [4.78, 5) is 12.7. The molecule has 5 nitrogen and oxygen atoms in total. The molecule has 2 rings (SSSR count). The smallest absolute Gasteiger partial charge is 0.264 e. The first-order chi connectivity index (χ1) is 12.2. The highest BCUT2D eigenvalue weighted by molar-refractivity contribution is 14.1. The van der Waals surface area contributed by atoms with E-state index in [9.17, 15) is 13.2 Å². The molecule has 7 heteroatoms. The van der Waals surface area contributed by atoms with Gasteiger partial charge in [-0.15, -0.1) is 0 Å². The Hall–Kier alpha value is -1.61. The lowest BCUT2D eigenvalue weighted by Crippen LogP contribution is -2.48. The van der Waals surface area contributed by atoms with Gasteiger partial charge in [-0.05, 0) is 79.3 Å². The number of anilines is 1. The highest BCUT2D eigenvalue weighted by Crippen LogP contribution is 2.24. The fourth-order valence-electron chi connectivity index (χ4n) is 2.28. The summed E-state index contributed by atoms with van der Waals surface area (Å²) in [6.45, 7) is 5.51. The van der Waals surface area contributed by atoms with Gasteiger partial charge in [0.2, 0.25) is 5.91 Å². The van der Waals surface area contributed by atoms with Gasteiger partial charge in [0, 0.05) is 9.11 Å². The quantitative estimate of drug-likeness (QED) is 0.606. The molecule has 0 aliphatic heterocycles. The minimum Gasteiger partial charge on any atom is -0.350 e. The fraction of sp³-hybridized carbons (Fsp3) is 0.316. The van der Waals surface area contributed by atoms with Crippen LogP contribution in [0.4, 0.5) is 5.69 Å². The zero-order valence-electron chi connectivity index (χ0n) is 15.1. The van der Waals surface area contributed by atoms with Gasteiger partial charge in [0.15, 0.2) is 0 Å². The molecule has 0 bridgehead atoms. The number of hydrogen-bond acceptors (Lipinski definition) is 3. The molecule has 0 unspecified atom stereocenters. The molecule has 0 aromatic heterocycles. The van der Waals surface area contributed by atoms with Crippen molar-refractivity contribution in [3.05, 3.63) is 58.2 Å². The number of nitrogens with zero attached hydrogens (tertiary/aromatic N) is 1. The SMILES string of the molecule is CCC(C)(C)NC(=O)CN(c1ccc(I)cc1)S(=O)(=O)c1ccccc1. The Morgan fingerprint density at radius 3 is 2.19 bits per heavy atom. The summed E-state index contributed by atoms with van der Waals surface area (Å²) in [7, 11) is -3.85. The lowest BCUT2D eigenvalue weighted by Gasteiger charge is -2.28. The highest BCUT2D eigenvalue weighted by Gasteiger charge is 2.28. The molecule has 0 saturated heterocycles. The predicted molar refractivity (Wildman–Crippen MR) is 113 cm³/mol. The standard InChI is InChI=1S/C19H23IN2O3S/c1-4-19(2,3)21-18(23)14-22(16-12-10-15(20)11-13-16)26(24,25)17-8-6-5-7-9-17/h5-13H,4,14H2,1-3H3,(H,21,23). The molecule has 0 aliphatic carbocycles. The summed E-state index contributed by atoms with van der Waals surface area (Å²) < 4.78 is 28.4. The Kier molecular flexibility index (Phi) is 6.68. The topological polar surface area (TPSA) is 66.5 Å². The maximum atomic E-state index is 13.1. The van der Waals surface area contributed by atoms with Gasteiger partial charge in [-0.2, -0.15) is 0 Å². The van der Waals surface area contributed by atoms with Crippen molar-refractivity contribution in [3.63, 3.8) is 0 Å². The molecule has 1 amide bonds. The predicted octanol–water partition coefficient (Wildman–Crippen LogP) is 3.79. The van der Waals surface area contributed by atoms with E-state index in [0.717, 1.165) is 14.3 Å². The first-order valence-corrected chi connectivity index (χ1v) is 10.8. The number of carbonyl (C=O) groups excluding carboxylic acids is 1. The summed E-state index contributed by atoms with van der Waals surface area (Å²) in [6, 6.07) is 15.2. The van der Waals surface area contributed by atoms with Gasteiger partial charge in [-0.1, -0.05) is 25.1 Å². The van der Waals surface area contributed by atoms with Crippen LogP contribution in [0.5, 0.6) is 0 Å². The Labute approximate surface area is 169 Å². The summed E-state index contributed by atoms with van der Waals surface area (Å²) in [5.41, 5.74) is 0.0597. The average molecular weight is 486 g/mol. The fourth-order valence-corrected chi connectivity index (χ4v) is 4.08. The van der Waals surface area contributed by atoms with Crippen LogP contribution >= 0.6 is 22.6 Å². The molecule has 0 radical (unpaired) electrons. The van der Waals surface area contributed by atoms with Crippen LogP contribution < -0.4 is 9.62 Å². The Morgan fingerprint density at radius 1 is 1.08 bits per heavy atom. The van der Waals surface area contributed by atoms with E-state index in [1.165, 1.54) is 12.1 Å². The summed E-state index contributed by atoms with van der Waals surface area (Å²) in [5, 5.41) is 2.89. The van der Waals surface area contributed by atoms with Crippen LogP contribution in [-0.2, 0) is 14.8 Å². The van der Waals surface area contributed by atoms with Crippen LogP contribution in [0.15, 0.2) is 59.5 Å². The zero-order valence-corrected chi connectivity index (χ0v) is 18.0.